The zero-order chi connectivity index (χ0) is 25.9. The van der Waals surface area contributed by atoms with Gasteiger partial charge in [-0.15, -0.1) is 0 Å². The zero-order valence-electron chi connectivity index (χ0n) is 20.5. The monoisotopic (exact) mass is 520 g/mol. The highest BCUT2D eigenvalue weighted by molar-refractivity contribution is 6.31. The average molecular weight is 521 g/mol. The second kappa shape index (κ2) is 10.8. The summed E-state index contributed by atoms with van der Waals surface area (Å²) < 4.78 is 11.5. The van der Waals surface area contributed by atoms with Crippen molar-refractivity contribution >= 4 is 28.6 Å². The number of ether oxygens (including phenoxy) is 2. The van der Waals surface area contributed by atoms with Gasteiger partial charge < -0.3 is 24.7 Å². The smallest absolute Gasteiger partial charge is 0.416 e. The van der Waals surface area contributed by atoms with Crippen LogP contribution in [0, 0.1) is 6.92 Å². The van der Waals surface area contributed by atoms with E-state index in [1.165, 1.54) is 0 Å². The van der Waals surface area contributed by atoms with Crippen LogP contribution in [0.15, 0.2) is 66.7 Å². The Morgan fingerprint density at radius 3 is 2.57 bits per heavy atom. The number of aromatic amines is 1. The van der Waals surface area contributed by atoms with Gasteiger partial charge in [0.15, 0.2) is 0 Å². The molecule has 4 aromatic rings. The lowest BCUT2D eigenvalue weighted by atomic mass is 9.92. The number of nitrogens with one attached hydrogen (secondary N) is 1. The fourth-order valence-electron chi connectivity index (χ4n) is 4.72. The van der Waals surface area contributed by atoms with E-state index in [0.717, 1.165) is 33.3 Å². The molecule has 0 saturated heterocycles. The highest BCUT2D eigenvalue weighted by atomic mass is 35.5. The Morgan fingerprint density at radius 1 is 1.11 bits per heavy atom. The number of hydrogen-bond donors (Lipinski definition) is 3. The van der Waals surface area contributed by atoms with Gasteiger partial charge in [0.05, 0.1) is 19.3 Å². The van der Waals surface area contributed by atoms with Crippen LogP contribution in [-0.2, 0) is 6.42 Å². The number of fused-ring (bicyclic) bond motifs is 3. The van der Waals surface area contributed by atoms with Gasteiger partial charge >= 0.3 is 6.09 Å². The lowest BCUT2D eigenvalue weighted by molar-refractivity contribution is 0.0754. The second-order valence-corrected chi connectivity index (χ2v) is 9.71. The van der Waals surface area contributed by atoms with Crippen LogP contribution < -0.4 is 9.47 Å². The molecule has 0 saturated carbocycles. The first-order valence-electron chi connectivity index (χ1n) is 12.3. The first-order chi connectivity index (χ1) is 17.9. The number of rotatable bonds is 7. The van der Waals surface area contributed by atoms with Crippen molar-refractivity contribution in [2.24, 2.45) is 0 Å². The molecule has 37 heavy (non-hydrogen) atoms. The topological polar surface area (TPSA) is 95.0 Å². The Labute approximate surface area is 220 Å². The number of aliphatic hydroxyl groups excluding tert-OH is 2. The zero-order valence-corrected chi connectivity index (χ0v) is 21.2. The van der Waals surface area contributed by atoms with Crippen molar-refractivity contribution in [2.45, 2.75) is 31.9 Å². The minimum absolute atomic E-state index is 0.284. The number of nitrogens with zero attached hydrogens (tertiary/aromatic N) is 1. The lowest BCUT2D eigenvalue weighted by Gasteiger charge is -2.35. The van der Waals surface area contributed by atoms with Gasteiger partial charge in [0.1, 0.15) is 17.5 Å². The predicted octanol–water partition coefficient (Wildman–Crippen LogP) is 5.40. The Balaban J connectivity index is 1.46. The van der Waals surface area contributed by atoms with E-state index in [4.69, 9.17) is 26.2 Å². The van der Waals surface area contributed by atoms with E-state index >= 15 is 0 Å². The number of aliphatic hydroxyl groups is 2. The molecule has 1 aliphatic heterocycles. The molecule has 1 unspecified atom stereocenters. The predicted molar refractivity (Wildman–Crippen MR) is 142 cm³/mol. The summed E-state index contributed by atoms with van der Waals surface area (Å²) in [5.74, 6) is 1.14. The summed E-state index contributed by atoms with van der Waals surface area (Å²) in [6, 6.07) is 20.3. The van der Waals surface area contributed by atoms with E-state index in [9.17, 15) is 9.90 Å². The van der Waals surface area contributed by atoms with Gasteiger partial charge in [-0.05, 0) is 66.9 Å². The molecular formula is C29H29ClN2O5. The Morgan fingerprint density at radius 2 is 1.84 bits per heavy atom. The van der Waals surface area contributed by atoms with Crippen LogP contribution >= 0.6 is 11.6 Å². The number of hydrogen-bond acceptors (Lipinski definition) is 5. The SMILES string of the molecule is Cc1ccc(OC(=O)N2CCc3c([nH]c4ccc(Cl)cc34)C2c2ccc(OCC[C@H](O)CO)cc2)cc1. The molecule has 7 nitrogen and oxygen atoms in total. The van der Waals surface area contributed by atoms with Crippen molar-refractivity contribution in [1.29, 1.82) is 0 Å². The minimum Gasteiger partial charge on any atom is -0.493 e. The fraction of sp³-hybridized carbons (Fsp3) is 0.276. The molecule has 192 valence electrons. The largest absolute Gasteiger partial charge is 0.493 e. The highest BCUT2D eigenvalue weighted by Crippen LogP contribution is 2.40. The maximum atomic E-state index is 13.4. The van der Waals surface area contributed by atoms with Crippen LogP contribution in [-0.4, -0.2) is 52.1 Å². The van der Waals surface area contributed by atoms with Crippen LogP contribution in [0.5, 0.6) is 11.5 Å². The molecule has 0 fully saturated rings. The molecule has 0 bridgehead atoms. The van der Waals surface area contributed by atoms with Crippen molar-refractivity contribution in [3.05, 3.63) is 94.1 Å². The fourth-order valence-corrected chi connectivity index (χ4v) is 4.89. The third-order valence-electron chi connectivity index (χ3n) is 6.68. The van der Waals surface area contributed by atoms with Crippen molar-refractivity contribution < 1.29 is 24.5 Å². The van der Waals surface area contributed by atoms with E-state index in [-0.39, 0.29) is 13.2 Å². The number of aromatic nitrogens is 1. The standard InChI is InChI=1S/C29H29ClN2O5/c1-18-2-7-23(8-3-18)37-29(35)32-14-12-24-25-16-20(30)6-11-26(25)31-27(24)28(32)19-4-9-22(10-5-19)36-15-13-21(34)17-33/h2-11,16,21,28,31,33-34H,12-15,17H2,1H3/t21-,28?/m0/s1. The summed E-state index contributed by atoms with van der Waals surface area (Å²) in [6.45, 7) is 2.46. The third-order valence-corrected chi connectivity index (χ3v) is 6.91. The highest BCUT2D eigenvalue weighted by Gasteiger charge is 2.35. The number of carbonyl (C=O) groups is 1. The third kappa shape index (κ3) is 5.44. The number of carbonyl (C=O) groups excluding carboxylic acids is 1. The molecule has 1 aliphatic rings. The maximum Gasteiger partial charge on any atom is 0.416 e. The van der Waals surface area contributed by atoms with Crippen molar-refractivity contribution in [1.82, 2.24) is 9.88 Å². The molecule has 3 aromatic carbocycles. The molecule has 5 rings (SSSR count). The van der Waals surface area contributed by atoms with Gasteiger partial charge in [-0.2, -0.15) is 0 Å². The summed E-state index contributed by atoms with van der Waals surface area (Å²) in [4.78, 5) is 18.7. The van der Waals surface area contributed by atoms with E-state index < -0.39 is 18.2 Å². The normalized spacial score (nSPS) is 15.9. The van der Waals surface area contributed by atoms with Crippen molar-refractivity contribution in [3.8, 4) is 11.5 Å². The van der Waals surface area contributed by atoms with Crippen LogP contribution in [0.1, 0.15) is 34.8 Å². The number of aryl methyl sites for hydroxylation is 1. The molecule has 0 radical (unpaired) electrons. The van der Waals surface area contributed by atoms with Gasteiger partial charge in [0, 0.05) is 34.6 Å². The summed E-state index contributed by atoms with van der Waals surface area (Å²) in [6.07, 6.45) is -0.220. The van der Waals surface area contributed by atoms with Crippen LogP contribution in [0.3, 0.4) is 0 Å². The second-order valence-electron chi connectivity index (χ2n) is 9.28. The van der Waals surface area contributed by atoms with Gasteiger partial charge in [-0.25, -0.2) is 4.79 Å². The average Bonchev–Trinajstić information content (AvgIpc) is 3.27. The van der Waals surface area contributed by atoms with E-state index in [1.54, 1.807) is 17.0 Å². The molecule has 2 heterocycles. The van der Waals surface area contributed by atoms with E-state index in [2.05, 4.69) is 4.98 Å². The van der Waals surface area contributed by atoms with Crippen molar-refractivity contribution in [3.63, 3.8) is 0 Å². The molecule has 1 amide bonds. The van der Waals surface area contributed by atoms with Crippen molar-refractivity contribution in [2.75, 3.05) is 19.8 Å². The first-order valence-corrected chi connectivity index (χ1v) is 12.7. The summed E-state index contributed by atoms with van der Waals surface area (Å²) in [5.41, 5.74) is 5.03. The Bertz CT molecular complexity index is 1380. The molecular weight excluding hydrogens is 492 g/mol. The molecule has 0 spiro atoms. The number of benzene rings is 3. The van der Waals surface area contributed by atoms with Gasteiger partial charge in [0.25, 0.3) is 0 Å². The van der Waals surface area contributed by atoms with Crippen LogP contribution in [0.25, 0.3) is 10.9 Å². The molecule has 3 N–H and O–H groups in total. The molecule has 8 heteroatoms. The molecule has 1 aromatic heterocycles. The quantitative estimate of drug-likeness (QED) is 0.303. The first kappa shape index (κ1) is 25.1. The number of amides is 1. The lowest BCUT2D eigenvalue weighted by Crippen LogP contribution is -2.42. The maximum absolute atomic E-state index is 13.4. The minimum atomic E-state index is -0.802. The number of halogens is 1. The summed E-state index contributed by atoms with van der Waals surface area (Å²) >= 11 is 6.30. The van der Waals surface area contributed by atoms with E-state index in [0.29, 0.717) is 35.9 Å². The summed E-state index contributed by atoms with van der Waals surface area (Å²) in [5, 5.41) is 20.2. The summed E-state index contributed by atoms with van der Waals surface area (Å²) in [7, 11) is 0. The Hall–Kier alpha value is -3.52. The van der Waals surface area contributed by atoms with Gasteiger partial charge in [-0.1, -0.05) is 41.4 Å². The van der Waals surface area contributed by atoms with Crippen LogP contribution in [0.4, 0.5) is 4.79 Å². The van der Waals surface area contributed by atoms with E-state index in [1.807, 2.05) is 61.5 Å². The van der Waals surface area contributed by atoms with Gasteiger partial charge in [0.2, 0.25) is 0 Å². The molecule has 2 atom stereocenters. The molecule has 0 aliphatic carbocycles. The number of H-pyrrole nitrogens is 1. The Kier molecular flexibility index (Phi) is 7.37. The van der Waals surface area contributed by atoms with Crippen LogP contribution in [0.2, 0.25) is 5.02 Å². The van der Waals surface area contributed by atoms with Gasteiger partial charge in [-0.3, -0.25) is 4.90 Å².